The minimum Gasteiger partial charge on any atom is -0.493 e. The van der Waals surface area contributed by atoms with E-state index in [0.29, 0.717) is 30.6 Å². The van der Waals surface area contributed by atoms with E-state index in [4.69, 9.17) is 19.9 Å². The molecule has 3 rings (SSSR count). The number of nitrogens with one attached hydrogen (secondary N) is 1. The largest absolute Gasteiger partial charge is 0.493 e. The maximum Gasteiger partial charge on any atom is 0.193 e. The van der Waals surface area contributed by atoms with E-state index in [1.807, 2.05) is 66.7 Å². The summed E-state index contributed by atoms with van der Waals surface area (Å²) in [6.45, 7) is 1.01. The quantitative estimate of drug-likeness (QED) is 0.253. The Bertz CT molecular complexity index is 948. The highest BCUT2D eigenvalue weighted by atomic mass is 127. The average Bonchev–Trinajstić information content (AvgIpc) is 2.77. The normalized spacial score (nSPS) is 10.7. The number of hydrogen-bond acceptors (Lipinski definition) is 4. The van der Waals surface area contributed by atoms with Crippen molar-refractivity contribution in [3.63, 3.8) is 0 Å². The van der Waals surface area contributed by atoms with Crippen LogP contribution in [-0.2, 0) is 13.2 Å². The van der Waals surface area contributed by atoms with Crippen LogP contribution in [0.5, 0.6) is 17.2 Å². The van der Waals surface area contributed by atoms with Crippen molar-refractivity contribution in [2.75, 3.05) is 19.5 Å². The molecule has 6 nitrogen and oxygen atoms in total. The molecule has 0 aliphatic heterocycles. The van der Waals surface area contributed by atoms with Crippen molar-refractivity contribution in [2.45, 2.75) is 13.2 Å². The number of nitrogens with two attached hydrogens (primary N) is 1. The van der Waals surface area contributed by atoms with E-state index in [-0.39, 0.29) is 24.0 Å². The molecule has 3 N–H and O–H groups in total. The third-order valence-electron chi connectivity index (χ3n) is 4.26. The van der Waals surface area contributed by atoms with E-state index >= 15 is 0 Å². The van der Waals surface area contributed by atoms with Gasteiger partial charge in [0.25, 0.3) is 0 Å². The van der Waals surface area contributed by atoms with Crippen LogP contribution in [0.3, 0.4) is 0 Å². The minimum atomic E-state index is 0. The number of rotatable bonds is 8. The molecular weight excluding hydrogens is 493 g/mol. The Labute approximate surface area is 194 Å². The van der Waals surface area contributed by atoms with Crippen molar-refractivity contribution < 1.29 is 14.2 Å². The van der Waals surface area contributed by atoms with Gasteiger partial charge in [0.1, 0.15) is 12.4 Å². The summed E-state index contributed by atoms with van der Waals surface area (Å²) in [6, 6.07) is 23.4. The first-order chi connectivity index (χ1) is 14.2. The third kappa shape index (κ3) is 6.84. The fourth-order valence-corrected chi connectivity index (χ4v) is 2.71. The Morgan fingerprint density at radius 1 is 0.867 bits per heavy atom. The van der Waals surface area contributed by atoms with Crippen LogP contribution in [0.1, 0.15) is 11.1 Å². The van der Waals surface area contributed by atoms with Crippen molar-refractivity contribution >= 4 is 35.6 Å². The molecule has 0 aliphatic carbocycles. The van der Waals surface area contributed by atoms with Crippen LogP contribution in [0.2, 0.25) is 0 Å². The lowest BCUT2D eigenvalue weighted by Gasteiger charge is -2.11. The van der Waals surface area contributed by atoms with Crippen LogP contribution in [-0.4, -0.2) is 20.2 Å². The number of anilines is 1. The average molecular weight is 519 g/mol. The molecule has 30 heavy (non-hydrogen) atoms. The van der Waals surface area contributed by atoms with Gasteiger partial charge in [-0.05, 0) is 35.4 Å². The van der Waals surface area contributed by atoms with Crippen molar-refractivity contribution in [1.82, 2.24) is 0 Å². The van der Waals surface area contributed by atoms with Crippen molar-refractivity contribution in [2.24, 2.45) is 10.7 Å². The van der Waals surface area contributed by atoms with Gasteiger partial charge in [0.05, 0.1) is 20.8 Å². The van der Waals surface area contributed by atoms with Gasteiger partial charge in [-0.3, -0.25) is 0 Å². The van der Waals surface area contributed by atoms with Crippen LogP contribution >= 0.6 is 24.0 Å². The second-order valence-electron chi connectivity index (χ2n) is 6.31. The number of ether oxygens (including phenoxy) is 3. The van der Waals surface area contributed by atoms with Gasteiger partial charge in [0.15, 0.2) is 17.5 Å². The molecule has 0 unspecified atom stereocenters. The summed E-state index contributed by atoms with van der Waals surface area (Å²) in [6.07, 6.45) is 0. The van der Waals surface area contributed by atoms with E-state index in [2.05, 4.69) is 10.3 Å². The first-order valence-corrected chi connectivity index (χ1v) is 9.22. The lowest BCUT2D eigenvalue weighted by molar-refractivity contribution is 0.306. The molecular formula is C23H26IN3O3. The van der Waals surface area contributed by atoms with Crippen LogP contribution in [0.4, 0.5) is 5.69 Å². The summed E-state index contributed by atoms with van der Waals surface area (Å²) >= 11 is 0. The molecule has 0 amide bonds. The Hall–Kier alpha value is -2.94. The van der Waals surface area contributed by atoms with Gasteiger partial charge in [-0.25, -0.2) is 4.99 Å². The Balaban J connectivity index is 0.00000320. The number of halogens is 1. The summed E-state index contributed by atoms with van der Waals surface area (Å²) in [5.74, 6) is 2.42. The lowest BCUT2D eigenvalue weighted by atomic mass is 10.2. The Morgan fingerprint density at radius 2 is 1.57 bits per heavy atom. The number of hydrogen-bond donors (Lipinski definition) is 2. The Morgan fingerprint density at radius 3 is 2.23 bits per heavy atom. The van der Waals surface area contributed by atoms with Gasteiger partial charge in [0, 0.05) is 11.8 Å². The monoisotopic (exact) mass is 519 g/mol. The molecule has 7 heteroatoms. The molecule has 0 atom stereocenters. The number of guanidine groups is 1. The molecule has 0 saturated heterocycles. The maximum absolute atomic E-state index is 6.00. The summed E-state index contributed by atoms with van der Waals surface area (Å²) < 4.78 is 16.3. The van der Waals surface area contributed by atoms with E-state index in [1.54, 1.807) is 20.3 Å². The van der Waals surface area contributed by atoms with Gasteiger partial charge >= 0.3 is 0 Å². The fourth-order valence-electron chi connectivity index (χ4n) is 2.71. The van der Waals surface area contributed by atoms with Gasteiger partial charge in [-0.15, -0.1) is 24.0 Å². The number of methoxy groups -OCH3 is 2. The summed E-state index contributed by atoms with van der Waals surface area (Å²) in [7, 11) is 3.19. The number of nitrogens with zero attached hydrogens (tertiary/aromatic N) is 1. The van der Waals surface area contributed by atoms with Crippen LogP contribution in [0.25, 0.3) is 0 Å². The van der Waals surface area contributed by atoms with E-state index in [0.717, 1.165) is 22.6 Å². The molecule has 0 spiro atoms. The van der Waals surface area contributed by atoms with E-state index < -0.39 is 0 Å². The topological polar surface area (TPSA) is 78.1 Å². The molecule has 3 aromatic rings. The molecule has 3 aromatic carbocycles. The van der Waals surface area contributed by atoms with Crippen molar-refractivity contribution in [3.05, 3.63) is 83.9 Å². The van der Waals surface area contributed by atoms with Crippen molar-refractivity contribution in [3.8, 4) is 17.2 Å². The van der Waals surface area contributed by atoms with E-state index in [9.17, 15) is 0 Å². The zero-order valence-corrected chi connectivity index (χ0v) is 19.3. The Kier molecular flexibility index (Phi) is 9.27. The molecule has 0 bridgehead atoms. The highest BCUT2D eigenvalue weighted by Gasteiger charge is 2.05. The molecule has 0 fully saturated rings. The number of benzene rings is 3. The highest BCUT2D eigenvalue weighted by Crippen LogP contribution is 2.29. The summed E-state index contributed by atoms with van der Waals surface area (Å²) in [5.41, 5.74) is 8.94. The highest BCUT2D eigenvalue weighted by molar-refractivity contribution is 14.0. The number of aliphatic imine (C=N–C) groups is 1. The molecule has 0 heterocycles. The molecule has 0 saturated carbocycles. The predicted molar refractivity (Wildman–Crippen MR) is 131 cm³/mol. The van der Waals surface area contributed by atoms with Gasteiger partial charge in [-0.2, -0.15) is 0 Å². The van der Waals surface area contributed by atoms with Gasteiger partial charge < -0.3 is 25.3 Å². The second-order valence-corrected chi connectivity index (χ2v) is 6.31. The van der Waals surface area contributed by atoms with Gasteiger partial charge in [-0.1, -0.05) is 42.5 Å². The first-order valence-electron chi connectivity index (χ1n) is 9.22. The SMILES string of the molecule is COc1ccc(NC(N)=NCc2ccc(OCc3ccccc3)cc2)cc1OC.I. The van der Waals surface area contributed by atoms with Crippen LogP contribution < -0.4 is 25.3 Å². The predicted octanol–water partition coefficient (Wildman–Crippen LogP) is 4.83. The molecule has 0 aliphatic rings. The van der Waals surface area contributed by atoms with Crippen LogP contribution in [0, 0.1) is 0 Å². The summed E-state index contributed by atoms with van der Waals surface area (Å²) in [4.78, 5) is 4.38. The maximum atomic E-state index is 6.00. The standard InChI is InChI=1S/C23H25N3O3.HI/c1-27-21-13-10-19(14-22(21)28-2)26-23(24)25-15-17-8-11-20(12-9-17)29-16-18-6-4-3-5-7-18;/h3-14H,15-16H2,1-2H3,(H3,24,25,26);1H. The third-order valence-corrected chi connectivity index (χ3v) is 4.26. The second kappa shape index (κ2) is 11.9. The smallest absolute Gasteiger partial charge is 0.193 e. The zero-order valence-electron chi connectivity index (χ0n) is 17.0. The zero-order chi connectivity index (χ0) is 20.5. The van der Waals surface area contributed by atoms with Crippen LogP contribution in [0.15, 0.2) is 77.8 Å². The lowest BCUT2D eigenvalue weighted by Crippen LogP contribution is -2.22. The summed E-state index contributed by atoms with van der Waals surface area (Å²) in [5, 5.41) is 3.06. The fraction of sp³-hybridized carbons (Fsp3) is 0.174. The van der Waals surface area contributed by atoms with Crippen molar-refractivity contribution in [1.29, 1.82) is 0 Å². The molecule has 158 valence electrons. The molecule has 0 radical (unpaired) electrons. The van der Waals surface area contributed by atoms with Gasteiger partial charge in [0.2, 0.25) is 0 Å². The van der Waals surface area contributed by atoms with E-state index in [1.165, 1.54) is 0 Å². The molecule has 0 aromatic heterocycles. The first kappa shape index (κ1) is 23.3. The minimum absolute atomic E-state index is 0.